The van der Waals surface area contributed by atoms with Crippen molar-refractivity contribution >= 4 is 56.8 Å². The summed E-state index contributed by atoms with van der Waals surface area (Å²) in [7, 11) is 2.65. The van der Waals surface area contributed by atoms with Crippen molar-refractivity contribution in [1.82, 2.24) is 5.43 Å². The average Bonchev–Trinajstić information content (AvgIpc) is 3.21. The molecule has 0 radical (unpaired) electrons. The molecule has 0 saturated carbocycles. The second-order valence-corrected chi connectivity index (χ2v) is 7.68. The van der Waals surface area contributed by atoms with Gasteiger partial charge >= 0.3 is 5.97 Å². The zero-order valence-electron chi connectivity index (χ0n) is 16.8. The number of ether oxygens (including phenoxy) is 3. The van der Waals surface area contributed by atoms with Gasteiger partial charge in [0.2, 0.25) is 0 Å². The summed E-state index contributed by atoms with van der Waals surface area (Å²) in [5, 5.41) is 15.6. The Morgan fingerprint density at radius 1 is 1.25 bits per heavy atom. The Morgan fingerprint density at radius 3 is 2.72 bits per heavy atom. The third kappa shape index (κ3) is 5.31. The zero-order chi connectivity index (χ0) is 23.3. The van der Waals surface area contributed by atoms with Crippen LogP contribution in [0.3, 0.4) is 0 Å². The minimum Gasteiger partial charge on any atom is -0.493 e. The highest BCUT2D eigenvalue weighted by molar-refractivity contribution is 7.20. The van der Waals surface area contributed by atoms with Crippen LogP contribution < -0.4 is 14.9 Å². The van der Waals surface area contributed by atoms with Crippen LogP contribution in [0.2, 0.25) is 5.02 Å². The van der Waals surface area contributed by atoms with E-state index in [2.05, 4.69) is 15.3 Å². The van der Waals surface area contributed by atoms with E-state index in [1.807, 2.05) is 0 Å². The van der Waals surface area contributed by atoms with E-state index in [4.69, 9.17) is 21.1 Å². The zero-order valence-corrected chi connectivity index (χ0v) is 18.4. The SMILES string of the molecule is COC(=O)COc1c(Cl)cc(C=NNC(=O)c2cc3cc([N+](=O)[O-])ccc3s2)cc1OC. The number of hydrazone groups is 1. The molecule has 10 nitrogen and oxygen atoms in total. The van der Waals surface area contributed by atoms with Crippen LogP contribution in [0, 0.1) is 10.1 Å². The second kappa shape index (κ2) is 10.1. The summed E-state index contributed by atoms with van der Waals surface area (Å²) >= 11 is 7.39. The van der Waals surface area contributed by atoms with Gasteiger partial charge in [-0.1, -0.05) is 11.6 Å². The molecule has 3 aromatic rings. The van der Waals surface area contributed by atoms with Gasteiger partial charge in [-0.2, -0.15) is 5.10 Å². The molecule has 2 aromatic carbocycles. The maximum absolute atomic E-state index is 12.4. The summed E-state index contributed by atoms with van der Waals surface area (Å²) in [6.45, 7) is -0.339. The van der Waals surface area contributed by atoms with Crippen molar-refractivity contribution in [3.63, 3.8) is 0 Å². The van der Waals surface area contributed by atoms with Crippen LogP contribution in [-0.2, 0) is 9.53 Å². The molecule has 0 aliphatic carbocycles. The number of fused-ring (bicyclic) bond motifs is 1. The van der Waals surface area contributed by atoms with E-state index >= 15 is 0 Å². The molecule has 1 N–H and O–H groups in total. The number of halogens is 1. The summed E-state index contributed by atoms with van der Waals surface area (Å²) in [5.41, 5.74) is 2.85. The fourth-order valence-electron chi connectivity index (χ4n) is 2.62. The van der Waals surface area contributed by atoms with Crippen LogP contribution in [0.5, 0.6) is 11.5 Å². The molecule has 32 heavy (non-hydrogen) atoms. The maximum atomic E-state index is 12.4. The molecule has 0 aliphatic rings. The number of hydrogen-bond acceptors (Lipinski definition) is 9. The van der Waals surface area contributed by atoms with Crippen molar-refractivity contribution in [1.29, 1.82) is 0 Å². The average molecular weight is 478 g/mol. The molecule has 12 heteroatoms. The van der Waals surface area contributed by atoms with Crippen LogP contribution in [0.4, 0.5) is 5.69 Å². The number of amides is 1. The largest absolute Gasteiger partial charge is 0.493 e. The van der Waals surface area contributed by atoms with Crippen LogP contribution in [-0.4, -0.2) is 43.8 Å². The summed E-state index contributed by atoms with van der Waals surface area (Å²) in [6.07, 6.45) is 1.36. The lowest BCUT2D eigenvalue weighted by Crippen LogP contribution is -2.16. The van der Waals surface area contributed by atoms with Crippen molar-refractivity contribution in [3.05, 3.63) is 62.0 Å². The first-order valence-electron chi connectivity index (χ1n) is 8.91. The molecule has 1 aromatic heterocycles. The van der Waals surface area contributed by atoms with Gasteiger partial charge in [0.1, 0.15) is 0 Å². The van der Waals surface area contributed by atoms with Gasteiger partial charge in [0, 0.05) is 22.2 Å². The molecule has 0 unspecified atom stereocenters. The first kappa shape index (κ1) is 23.0. The van der Waals surface area contributed by atoms with Gasteiger partial charge in [0.15, 0.2) is 18.1 Å². The standard InChI is InChI=1S/C20H16ClN3O7S/c1-29-15-6-11(5-14(21)19(15)31-10-18(25)30-2)9-22-23-20(26)17-8-12-7-13(24(27)28)3-4-16(12)32-17/h3-9H,10H2,1-2H3,(H,23,26). The highest BCUT2D eigenvalue weighted by Crippen LogP contribution is 2.36. The topological polar surface area (TPSA) is 129 Å². The number of carbonyl (C=O) groups is 2. The predicted molar refractivity (Wildman–Crippen MR) is 119 cm³/mol. The van der Waals surface area contributed by atoms with Crippen LogP contribution in [0.25, 0.3) is 10.1 Å². The number of nitro benzene ring substituents is 1. The van der Waals surface area contributed by atoms with E-state index < -0.39 is 16.8 Å². The molecular weight excluding hydrogens is 462 g/mol. The van der Waals surface area contributed by atoms with Gasteiger partial charge in [-0.05, 0) is 29.8 Å². The van der Waals surface area contributed by atoms with Crippen LogP contribution >= 0.6 is 22.9 Å². The molecule has 1 amide bonds. The molecule has 0 fully saturated rings. The Balaban J connectivity index is 1.71. The molecule has 3 rings (SSSR count). The first-order valence-corrected chi connectivity index (χ1v) is 10.1. The van der Waals surface area contributed by atoms with Gasteiger partial charge in [-0.25, -0.2) is 10.2 Å². The summed E-state index contributed by atoms with van der Waals surface area (Å²) < 4.78 is 15.8. The number of carbonyl (C=O) groups excluding carboxylic acids is 2. The van der Waals surface area contributed by atoms with Crippen LogP contribution in [0.1, 0.15) is 15.2 Å². The first-order chi connectivity index (χ1) is 15.3. The van der Waals surface area contributed by atoms with E-state index in [0.717, 1.165) is 4.70 Å². The van der Waals surface area contributed by atoms with Gasteiger partial charge in [0.05, 0.1) is 35.3 Å². The number of benzene rings is 2. The fourth-order valence-corrected chi connectivity index (χ4v) is 3.83. The van der Waals surface area contributed by atoms with E-state index in [1.54, 1.807) is 18.2 Å². The van der Waals surface area contributed by atoms with Crippen molar-refractivity contribution in [3.8, 4) is 11.5 Å². The lowest BCUT2D eigenvalue weighted by atomic mass is 10.2. The quantitative estimate of drug-likeness (QED) is 0.226. The van der Waals surface area contributed by atoms with E-state index in [-0.39, 0.29) is 28.8 Å². The third-order valence-electron chi connectivity index (χ3n) is 4.13. The normalized spacial score (nSPS) is 10.8. The Kier molecular flexibility index (Phi) is 7.23. The molecule has 0 saturated heterocycles. The number of methoxy groups -OCH3 is 2. The molecule has 0 spiro atoms. The van der Waals surface area contributed by atoms with Crippen molar-refractivity contribution in [2.45, 2.75) is 0 Å². The lowest BCUT2D eigenvalue weighted by molar-refractivity contribution is -0.384. The maximum Gasteiger partial charge on any atom is 0.343 e. The lowest BCUT2D eigenvalue weighted by Gasteiger charge is -2.12. The second-order valence-electron chi connectivity index (χ2n) is 6.19. The fraction of sp³-hybridized carbons (Fsp3) is 0.150. The molecule has 0 bridgehead atoms. The molecule has 0 aliphatic heterocycles. The summed E-state index contributed by atoms with van der Waals surface area (Å²) in [5.74, 6) is -0.617. The Labute approximate surface area is 190 Å². The van der Waals surface area contributed by atoms with Gasteiger partial charge in [-0.15, -0.1) is 11.3 Å². The Morgan fingerprint density at radius 2 is 2.03 bits per heavy atom. The number of nitro groups is 1. The Bertz CT molecular complexity index is 1230. The number of esters is 1. The number of thiophene rings is 1. The smallest absolute Gasteiger partial charge is 0.343 e. The minimum atomic E-state index is -0.577. The molecular formula is C20H16ClN3O7S. The number of non-ortho nitro benzene ring substituents is 1. The number of rotatable bonds is 8. The number of nitrogens with zero attached hydrogens (tertiary/aromatic N) is 2. The minimum absolute atomic E-state index is 0.0508. The highest BCUT2D eigenvalue weighted by Gasteiger charge is 2.15. The Hall–Kier alpha value is -3.70. The van der Waals surface area contributed by atoms with E-state index in [1.165, 1.54) is 50.0 Å². The summed E-state index contributed by atoms with van der Waals surface area (Å²) in [6, 6.07) is 9.03. The number of nitrogens with one attached hydrogen (secondary N) is 1. The monoisotopic (exact) mass is 477 g/mol. The molecule has 0 atom stereocenters. The number of hydrogen-bond donors (Lipinski definition) is 1. The van der Waals surface area contributed by atoms with E-state index in [9.17, 15) is 19.7 Å². The van der Waals surface area contributed by atoms with Crippen LogP contribution in [0.15, 0.2) is 41.5 Å². The van der Waals surface area contributed by atoms with Gasteiger partial charge in [0.25, 0.3) is 11.6 Å². The highest BCUT2D eigenvalue weighted by atomic mass is 35.5. The van der Waals surface area contributed by atoms with Crippen molar-refractivity contribution in [2.24, 2.45) is 5.10 Å². The predicted octanol–water partition coefficient (Wildman–Crippen LogP) is 3.79. The van der Waals surface area contributed by atoms with Gasteiger partial charge < -0.3 is 14.2 Å². The van der Waals surface area contributed by atoms with E-state index in [0.29, 0.717) is 15.8 Å². The van der Waals surface area contributed by atoms with Crippen molar-refractivity contribution < 1.29 is 28.7 Å². The molecule has 1 heterocycles. The third-order valence-corrected chi connectivity index (χ3v) is 5.52. The summed E-state index contributed by atoms with van der Waals surface area (Å²) in [4.78, 5) is 34.4. The van der Waals surface area contributed by atoms with Gasteiger partial charge in [-0.3, -0.25) is 14.9 Å². The van der Waals surface area contributed by atoms with Crippen molar-refractivity contribution in [2.75, 3.05) is 20.8 Å². The molecule has 166 valence electrons.